The van der Waals surface area contributed by atoms with Crippen LogP contribution >= 0.6 is 15.9 Å². The van der Waals surface area contributed by atoms with Gasteiger partial charge in [0.25, 0.3) is 0 Å². The first kappa shape index (κ1) is 14.5. The van der Waals surface area contributed by atoms with Crippen molar-refractivity contribution in [2.75, 3.05) is 45.9 Å². The summed E-state index contributed by atoms with van der Waals surface area (Å²) < 4.78 is 6.70. The van der Waals surface area contributed by atoms with E-state index < -0.39 is 0 Å². The van der Waals surface area contributed by atoms with Gasteiger partial charge in [-0.2, -0.15) is 0 Å². The summed E-state index contributed by atoms with van der Waals surface area (Å²) in [5, 5.41) is 0. The number of ether oxygens (including phenoxy) is 1. The predicted molar refractivity (Wildman–Crippen MR) is 85.1 cm³/mol. The Kier molecular flexibility index (Phi) is 4.76. The van der Waals surface area contributed by atoms with Crippen LogP contribution in [0.15, 0.2) is 16.6 Å². The fourth-order valence-electron chi connectivity index (χ4n) is 3.15. The van der Waals surface area contributed by atoms with E-state index in [-0.39, 0.29) is 0 Å². The highest BCUT2D eigenvalue weighted by Gasteiger charge is 2.19. The van der Waals surface area contributed by atoms with Crippen molar-refractivity contribution in [2.45, 2.75) is 19.9 Å². The maximum absolute atomic E-state index is 5.40. The molecule has 0 spiro atoms. The molecule has 110 valence electrons. The van der Waals surface area contributed by atoms with Crippen LogP contribution < -0.4 is 0 Å². The molecule has 20 heavy (non-hydrogen) atoms. The molecule has 3 nitrogen and oxygen atoms in total. The van der Waals surface area contributed by atoms with Crippen molar-refractivity contribution in [3.8, 4) is 0 Å². The van der Waals surface area contributed by atoms with E-state index in [1.54, 1.807) is 0 Å². The average molecular weight is 339 g/mol. The van der Waals surface area contributed by atoms with Gasteiger partial charge >= 0.3 is 0 Å². The summed E-state index contributed by atoms with van der Waals surface area (Å²) in [5.41, 5.74) is 4.37. The Balaban J connectivity index is 1.58. The van der Waals surface area contributed by atoms with E-state index in [2.05, 4.69) is 44.8 Å². The Morgan fingerprint density at radius 3 is 2.65 bits per heavy atom. The smallest absolute Gasteiger partial charge is 0.0594 e. The van der Waals surface area contributed by atoms with Crippen LogP contribution in [-0.4, -0.2) is 55.7 Å². The van der Waals surface area contributed by atoms with Crippen LogP contribution in [0, 0.1) is 6.92 Å². The molecule has 0 bridgehead atoms. The van der Waals surface area contributed by atoms with Crippen LogP contribution in [0.4, 0.5) is 0 Å². The first-order chi connectivity index (χ1) is 9.72. The molecule has 1 aromatic rings. The number of benzene rings is 1. The third-order valence-electron chi connectivity index (χ3n) is 4.34. The topological polar surface area (TPSA) is 15.7 Å². The maximum Gasteiger partial charge on any atom is 0.0594 e. The fourth-order valence-corrected chi connectivity index (χ4v) is 3.97. The Bertz CT molecular complexity index is 472. The van der Waals surface area contributed by atoms with Crippen molar-refractivity contribution >= 4 is 15.9 Å². The summed E-state index contributed by atoms with van der Waals surface area (Å²) in [6, 6.07) is 4.59. The van der Waals surface area contributed by atoms with E-state index in [1.165, 1.54) is 47.2 Å². The van der Waals surface area contributed by atoms with Crippen molar-refractivity contribution in [1.29, 1.82) is 0 Å². The number of aryl methyl sites for hydroxylation is 1. The molecule has 4 heteroatoms. The second kappa shape index (κ2) is 6.56. The summed E-state index contributed by atoms with van der Waals surface area (Å²) in [7, 11) is 0. The van der Waals surface area contributed by atoms with Gasteiger partial charge in [0.2, 0.25) is 0 Å². The second-order valence-corrected chi connectivity index (χ2v) is 6.72. The number of morpholine rings is 1. The van der Waals surface area contributed by atoms with Crippen LogP contribution in [0.2, 0.25) is 0 Å². The van der Waals surface area contributed by atoms with Gasteiger partial charge in [-0.3, -0.25) is 9.80 Å². The summed E-state index contributed by atoms with van der Waals surface area (Å²) in [5.74, 6) is 0. The SMILES string of the molecule is Cc1cc(Br)c2c(c1)CN(CCN1CCOCC1)CC2. The monoisotopic (exact) mass is 338 g/mol. The normalized spacial score (nSPS) is 20.9. The number of rotatable bonds is 3. The standard InChI is InChI=1S/C16H23BrN2O/c1-13-10-14-12-19(3-2-15(14)16(17)11-13)5-4-18-6-8-20-9-7-18/h10-11H,2-9,12H2,1H3. The Labute approximate surface area is 130 Å². The van der Waals surface area contributed by atoms with Gasteiger partial charge in [-0.25, -0.2) is 0 Å². The molecule has 0 N–H and O–H groups in total. The minimum absolute atomic E-state index is 0.898. The molecule has 2 heterocycles. The number of halogens is 1. The Morgan fingerprint density at radius 1 is 1.10 bits per heavy atom. The molecular formula is C16H23BrN2O. The molecule has 0 unspecified atom stereocenters. The fraction of sp³-hybridized carbons (Fsp3) is 0.625. The quantitative estimate of drug-likeness (QED) is 0.841. The number of nitrogens with zero attached hydrogens (tertiary/aromatic N) is 2. The van der Waals surface area contributed by atoms with E-state index in [9.17, 15) is 0 Å². The summed E-state index contributed by atoms with van der Waals surface area (Å²) in [4.78, 5) is 5.11. The highest BCUT2D eigenvalue weighted by atomic mass is 79.9. The van der Waals surface area contributed by atoms with Crippen molar-refractivity contribution in [2.24, 2.45) is 0 Å². The van der Waals surface area contributed by atoms with E-state index >= 15 is 0 Å². The maximum atomic E-state index is 5.40. The number of hydrogen-bond acceptors (Lipinski definition) is 3. The number of hydrogen-bond donors (Lipinski definition) is 0. The van der Waals surface area contributed by atoms with Crippen LogP contribution in [0.25, 0.3) is 0 Å². The van der Waals surface area contributed by atoms with Crippen molar-refractivity contribution < 1.29 is 4.74 Å². The van der Waals surface area contributed by atoms with Crippen LogP contribution in [0.3, 0.4) is 0 Å². The van der Waals surface area contributed by atoms with Crippen LogP contribution in [-0.2, 0) is 17.7 Å². The minimum Gasteiger partial charge on any atom is -0.379 e. The van der Waals surface area contributed by atoms with Gasteiger partial charge in [0, 0.05) is 43.7 Å². The lowest BCUT2D eigenvalue weighted by atomic mass is 9.98. The van der Waals surface area contributed by atoms with E-state index in [1.807, 2.05) is 0 Å². The minimum atomic E-state index is 0.898. The van der Waals surface area contributed by atoms with Crippen molar-refractivity contribution in [3.63, 3.8) is 0 Å². The van der Waals surface area contributed by atoms with E-state index in [0.717, 1.165) is 32.8 Å². The molecule has 0 atom stereocenters. The van der Waals surface area contributed by atoms with Gasteiger partial charge in [0.1, 0.15) is 0 Å². The van der Waals surface area contributed by atoms with Gasteiger partial charge in [0.05, 0.1) is 13.2 Å². The molecule has 1 aromatic carbocycles. The molecule has 1 saturated heterocycles. The molecule has 3 rings (SSSR count). The Hall–Kier alpha value is -0.420. The van der Waals surface area contributed by atoms with Crippen molar-refractivity contribution in [1.82, 2.24) is 9.80 Å². The average Bonchev–Trinajstić information content (AvgIpc) is 2.45. The molecule has 0 saturated carbocycles. The zero-order chi connectivity index (χ0) is 13.9. The van der Waals surface area contributed by atoms with Crippen molar-refractivity contribution in [3.05, 3.63) is 33.3 Å². The summed E-state index contributed by atoms with van der Waals surface area (Å²) in [6.45, 7) is 10.8. The molecule has 0 amide bonds. The van der Waals surface area contributed by atoms with Gasteiger partial charge in [-0.15, -0.1) is 0 Å². The number of fused-ring (bicyclic) bond motifs is 1. The highest BCUT2D eigenvalue weighted by molar-refractivity contribution is 9.10. The molecule has 1 fully saturated rings. The van der Waals surface area contributed by atoms with Crippen LogP contribution in [0.5, 0.6) is 0 Å². The lowest BCUT2D eigenvalue weighted by Gasteiger charge is -2.33. The third kappa shape index (κ3) is 3.42. The predicted octanol–water partition coefficient (Wildman–Crippen LogP) is 2.45. The van der Waals surface area contributed by atoms with E-state index in [4.69, 9.17) is 4.74 Å². The lowest BCUT2D eigenvalue weighted by molar-refractivity contribution is 0.0326. The largest absolute Gasteiger partial charge is 0.379 e. The van der Waals surface area contributed by atoms with Gasteiger partial charge in [-0.1, -0.05) is 22.0 Å². The third-order valence-corrected chi connectivity index (χ3v) is 5.05. The Morgan fingerprint density at radius 2 is 1.85 bits per heavy atom. The molecule has 0 radical (unpaired) electrons. The van der Waals surface area contributed by atoms with Gasteiger partial charge < -0.3 is 4.74 Å². The molecule has 2 aliphatic heterocycles. The molecular weight excluding hydrogens is 316 g/mol. The molecule has 0 aromatic heterocycles. The first-order valence-electron chi connectivity index (χ1n) is 7.53. The van der Waals surface area contributed by atoms with Gasteiger partial charge in [0.15, 0.2) is 0 Å². The first-order valence-corrected chi connectivity index (χ1v) is 8.32. The van der Waals surface area contributed by atoms with E-state index in [0.29, 0.717) is 0 Å². The highest BCUT2D eigenvalue weighted by Crippen LogP contribution is 2.27. The molecule has 0 aliphatic carbocycles. The zero-order valence-electron chi connectivity index (χ0n) is 12.2. The second-order valence-electron chi connectivity index (χ2n) is 5.86. The summed E-state index contributed by atoms with van der Waals surface area (Å²) in [6.07, 6.45) is 1.17. The van der Waals surface area contributed by atoms with Gasteiger partial charge in [-0.05, 0) is 36.1 Å². The zero-order valence-corrected chi connectivity index (χ0v) is 13.8. The summed E-state index contributed by atoms with van der Waals surface area (Å²) >= 11 is 3.71. The van der Waals surface area contributed by atoms with Crippen LogP contribution in [0.1, 0.15) is 16.7 Å². The lowest BCUT2D eigenvalue weighted by Crippen LogP contribution is -2.42. The molecule has 2 aliphatic rings.